The van der Waals surface area contributed by atoms with Crippen LogP contribution in [-0.2, 0) is 12.6 Å². The van der Waals surface area contributed by atoms with Crippen LogP contribution in [0.1, 0.15) is 78.6 Å². The zero-order chi connectivity index (χ0) is 18.8. The molecule has 0 N–H and O–H groups in total. The Balaban J connectivity index is 1.95. The molecule has 4 unspecified atom stereocenters. The SMILES string of the molecule is CCCC[P+](CCCC)(CCCC)C1(C(=S)[S-])SC2C3CCC(C3)C2S1. The molecular weight excluding hydrogens is 411 g/mol. The smallest absolute Gasteiger partial charge is 0.177 e. The minimum atomic E-state index is -1.18. The highest BCUT2D eigenvalue weighted by Crippen LogP contribution is 2.84. The monoisotopic (exact) mass is 448 g/mol. The lowest BCUT2D eigenvalue weighted by Crippen LogP contribution is -2.36. The van der Waals surface area contributed by atoms with Crippen molar-refractivity contribution in [1.29, 1.82) is 0 Å². The van der Waals surface area contributed by atoms with Gasteiger partial charge in [0.15, 0.2) is 3.82 Å². The molecule has 2 bridgehead atoms. The van der Waals surface area contributed by atoms with E-state index in [1.165, 1.54) is 76.3 Å². The van der Waals surface area contributed by atoms with Crippen LogP contribution >= 0.6 is 43.0 Å². The van der Waals surface area contributed by atoms with Gasteiger partial charge in [-0.05, 0) is 50.4 Å². The first-order valence-corrected chi connectivity index (χ1v) is 15.9. The van der Waals surface area contributed by atoms with Crippen molar-refractivity contribution in [1.82, 2.24) is 0 Å². The van der Waals surface area contributed by atoms with Gasteiger partial charge in [0.1, 0.15) is 0 Å². The number of rotatable bonds is 11. The topological polar surface area (TPSA) is 0 Å². The van der Waals surface area contributed by atoms with E-state index in [2.05, 4.69) is 44.3 Å². The Bertz CT molecular complexity index is 455. The van der Waals surface area contributed by atoms with Gasteiger partial charge in [0.2, 0.25) is 0 Å². The Morgan fingerprint density at radius 2 is 1.35 bits per heavy atom. The molecule has 0 amide bonds. The minimum Gasteiger partial charge on any atom is -0.427 e. The van der Waals surface area contributed by atoms with Crippen LogP contribution in [0.2, 0.25) is 0 Å². The van der Waals surface area contributed by atoms with Crippen LogP contribution in [0, 0.1) is 11.8 Å². The van der Waals surface area contributed by atoms with E-state index in [0.29, 0.717) is 0 Å². The molecule has 0 aromatic heterocycles. The Morgan fingerprint density at radius 3 is 1.69 bits per heavy atom. The highest BCUT2D eigenvalue weighted by atomic mass is 32.2. The van der Waals surface area contributed by atoms with Crippen molar-refractivity contribution < 1.29 is 0 Å². The van der Waals surface area contributed by atoms with Gasteiger partial charge in [-0.25, -0.2) is 0 Å². The van der Waals surface area contributed by atoms with Crippen molar-refractivity contribution in [2.24, 2.45) is 11.8 Å². The van der Waals surface area contributed by atoms with Crippen LogP contribution in [0.25, 0.3) is 0 Å². The van der Waals surface area contributed by atoms with Crippen molar-refractivity contribution in [3.8, 4) is 0 Å². The van der Waals surface area contributed by atoms with Gasteiger partial charge in [0, 0.05) is 17.8 Å². The summed E-state index contributed by atoms with van der Waals surface area (Å²) in [6.07, 6.45) is 16.8. The average Bonchev–Trinajstić information content (AvgIpc) is 3.33. The van der Waals surface area contributed by atoms with E-state index in [1.54, 1.807) is 0 Å². The molecule has 1 aliphatic heterocycles. The van der Waals surface area contributed by atoms with Gasteiger partial charge < -0.3 is 24.8 Å². The Morgan fingerprint density at radius 1 is 0.923 bits per heavy atom. The number of unbranched alkanes of at least 4 members (excludes halogenated alkanes) is 3. The van der Waals surface area contributed by atoms with E-state index >= 15 is 0 Å². The molecule has 150 valence electrons. The summed E-state index contributed by atoms with van der Waals surface area (Å²) >= 11 is 16.5. The lowest BCUT2D eigenvalue weighted by Gasteiger charge is -2.45. The van der Waals surface area contributed by atoms with E-state index < -0.39 is 7.26 Å². The summed E-state index contributed by atoms with van der Waals surface area (Å²) in [5.41, 5.74) is 0. The number of thiocarbonyl (C=S) groups is 1. The van der Waals surface area contributed by atoms with Crippen LogP contribution in [0.4, 0.5) is 0 Å². The van der Waals surface area contributed by atoms with Gasteiger partial charge in [0.05, 0.1) is 18.5 Å². The van der Waals surface area contributed by atoms with E-state index in [1.807, 2.05) is 0 Å². The van der Waals surface area contributed by atoms with Crippen LogP contribution in [0.3, 0.4) is 0 Å². The summed E-state index contributed by atoms with van der Waals surface area (Å²) in [7, 11) is -1.18. The fourth-order valence-electron chi connectivity index (χ4n) is 5.58. The predicted molar refractivity (Wildman–Crippen MR) is 133 cm³/mol. The Labute approximate surface area is 182 Å². The minimum absolute atomic E-state index is 0.147. The standard InChI is InChI=1S/C21H37PS4/c1-4-7-12-22(13-8-5-2,14-9-6-3)21(20(23)24)25-18-16-10-11-17(15-16)19(18)26-21/h16-19H,4-15H2,1-3H3. The summed E-state index contributed by atoms with van der Waals surface area (Å²) in [5, 5.41) is 1.73. The molecule has 1 saturated heterocycles. The molecule has 1 heterocycles. The largest absolute Gasteiger partial charge is 0.427 e. The summed E-state index contributed by atoms with van der Waals surface area (Å²) in [6.45, 7) is 7.07. The predicted octanol–water partition coefficient (Wildman–Crippen LogP) is 7.58. The number of hydrogen-bond donors (Lipinski definition) is 0. The van der Waals surface area contributed by atoms with Crippen molar-refractivity contribution in [2.45, 2.75) is 92.9 Å². The normalized spacial score (nSPS) is 35.8. The molecule has 26 heavy (non-hydrogen) atoms. The van der Waals surface area contributed by atoms with Crippen LogP contribution < -0.4 is 0 Å². The Hall–Kier alpha value is 1.44. The molecule has 2 saturated carbocycles. The maximum atomic E-state index is 5.94. The van der Waals surface area contributed by atoms with Crippen molar-refractivity contribution in [3.05, 3.63) is 0 Å². The van der Waals surface area contributed by atoms with Gasteiger partial charge in [-0.2, -0.15) is 0 Å². The second kappa shape index (κ2) is 9.50. The molecule has 5 heteroatoms. The summed E-state index contributed by atoms with van der Waals surface area (Å²) in [4.78, 5) is 0. The average molecular weight is 449 g/mol. The van der Waals surface area contributed by atoms with E-state index in [-0.39, 0.29) is 3.82 Å². The van der Waals surface area contributed by atoms with Gasteiger partial charge >= 0.3 is 0 Å². The Kier molecular flexibility index (Phi) is 8.09. The molecular formula is C21H37PS4. The van der Waals surface area contributed by atoms with E-state index in [0.717, 1.165) is 26.5 Å². The maximum absolute atomic E-state index is 5.94. The number of fused-ring (bicyclic) bond motifs is 5. The van der Waals surface area contributed by atoms with Gasteiger partial charge in [-0.3, -0.25) is 0 Å². The van der Waals surface area contributed by atoms with Gasteiger partial charge in [0.25, 0.3) is 0 Å². The molecule has 0 radical (unpaired) electrons. The third-order valence-corrected chi connectivity index (χ3v) is 20.1. The van der Waals surface area contributed by atoms with Crippen molar-refractivity contribution >= 4 is 59.8 Å². The molecule has 3 fully saturated rings. The highest BCUT2D eigenvalue weighted by Gasteiger charge is 2.67. The third kappa shape index (κ3) is 3.90. The zero-order valence-corrected chi connectivity index (χ0v) is 21.0. The first-order chi connectivity index (χ1) is 12.5. The summed E-state index contributed by atoms with van der Waals surface area (Å²) in [6, 6.07) is 0. The molecule has 0 nitrogen and oxygen atoms in total. The summed E-state index contributed by atoms with van der Waals surface area (Å²) in [5.74, 6) is 1.94. The molecule has 2 aliphatic carbocycles. The third-order valence-electron chi connectivity index (χ3n) is 7.06. The van der Waals surface area contributed by atoms with Crippen LogP contribution in [-0.4, -0.2) is 37.0 Å². The second-order valence-electron chi connectivity index (χ2n) is 8.74. The molecule has 3 rings (SSSR count). The zero-order valence-electron chi connectivity index (χ0n) is 16.9. The van der Waals surface area contributed by atoms with E-state index in [9.17, 15) is 0 Å². The number of hydrogen-bond acceptors (Lipinski definition) is 4. The highest BCUT2D eigenvalue weighted by molar-refractivity contribution is 8.34. The van der Waals surface area contributed by atoms with Crippen LogP contribution in [0.5, 0.6) is 0 Å². The molecule has 0 spiro atoms. The lowest BCUT2D eigenvalue weighted by atomic mass is 10.00. The van der Waals surface area contributed by atoms with Gasteiger partial charge in [-0.1, -0.05) is 67.8 Å². The van der Waals surface area contributed by atoms with Gasteiger partial charge in [-0.15, -0.1) is 0 Å². The quantitative estimate of drug-likeness (QED) is 0.181. The molecule has 4 atom stereocenters. The fourth-order valence-corrected chi connectivity index (χ4v) is 19.9. The summed E-state index contributed by atoms with van der Waals surface area (Å²) < 4.78 is 1.10. The molecule has 0 aromatic rings. The van der Waals surface area contributed by atoms with Crippen LogP contribution in [0.15, 0.2) is 0 Å². The fraction of sp³-hybridized carbons (Fsp3) is 0.952. The number of thioether (sulfide) groups is 2. The second-order valence-corrected chi connectivity index (χ2v) is 17.8. The van der Waals surface area contributed by atoms with Crippen molar-refractivity contribution in [2.75, 3.05) is 18.5 Å². The maximum Gasteiger partial charge on any atom is 0.177 e. The molecule has 0 aromatic carbocycles. The lowest BCUT2D eigenvalue weighted by molar-refractivity contribution is 0.508. The molecule has 3 aliphatic rings. The van der Waals surface area contributed by atoms with E-state index in [4.69, 9.17) is 24.8 Å². The first-order valence-electron chi connectivity index (χ1n) is 11.0. The first kappa shape index (κ1) is 22.1. The van der Waals surface area contributed by atoms with Crippen molar-refractivity contribution in [3.63, 3.8) is 0 Å².